The first kappa shape index (κ1) is 16.8. The van der Waals surface area contributed by atoms with Crippen LogP contribution < -0.4 is 5.32 Å². The Kier molecular flexibility index (Phi) is 7.15. The molecule has 1 aromatic rings. The molecular weight excluding hydrogens is 253 g/mol. The van der Waals surface area contributed by atoms with Crippen LogP contribution in [0.15, 0.2) is 24.3 Å². The van der Waals surface area contributed by atoms with E-state index in [1.54, 1.807) is 0 Å². The maximum absolute atomic E-state index is 6.13. The van der Waals surface area contributed by atoms with Gasteiger partial charge in [-0.2, -0.15) is 0 Å². The number of hydrogen-bond acceptors (Lipinski definition) is 1. The van der Waals surface area contributed by atoms with Gasteiger partial charge >= 0.3 is 0 Å². The van der Waals surface area contributed by atoms with Crippen LogP contribution in [-0.2, 0) is 6.54 Å². The van der Waals surface area contributed by atoms with Crippen LogP contribution in [0.5, 0.6) is 0 Å². The Morgan fingerprint density at radius 3 is 2.29 bits per heavy atom. The molecule has 1 aromatic carbocycles. The fraction of sp³-hybridized carbons (Fsp3) is 0.571. The van der Waals surface area contributed by atoms with Crippen LogP contribution >= 0.6 is 24.0 Å². The number of benzene rings is 1. The number of halogens is 2. The van der Waals surface area contributed by atoms with Gasteiger partial charge in [-0.05, 0) is 23.5 Å². The molecule has 0 heterocycles. The first-order chi connectivity index (χ1) is 7.45. The number of hydrogen-bond donors (Lipinski definition) is 1. The lowest BCUT2D eigenvalue weighted by Crippen LogP contribution is -2.39. The lowest BCUT2D eigenvalue weighted by atomic mass is 9.85. The Morgan fingerprint density at radius 1 is 1.24 bits per heavy atom. The largest absolute Gasteiger partial charge is 0.309 e. The average Bonchev–Trinajstić information content (AvgIpc) is 2.19. The highest BCUT2D eigenvalue weighted by Gasteiger charge is 2.22. The van der Waals surface area contributed by atoms with Crippen molar-refractivity contribution in [2.24, 2.45) is 5.41 Å². The van der Waals surface area contributed by atoms with Gasteiger partial charge in [0.2, 0.25) is 0 Å². The van der Waals surface area contributed by atoms with Crippen molar-refractivity contribution in [2.75, 3.05) is 0 Å². The Hall–Kier alpha value is -0.240. The number of rotatable bonds is 4. The van der Waals surface area contributed by atoms with Crippen molar-refractivity contribution >= 4 is 24.0 Å². The topological polar surface area (TPSA) is 12.0 Å². The third kappa shape index (κ3) is 5.29. The van der Waals surface area contributed by atoms with Crippen LogP contribution in [0.2, 0.25) is 5.02 Å². The van der Waals surface area contributed by atoms with Crippen molar-refractivity contribution in [3.63, 3.8) is 0 Å². The predicted octanol–water partition coefficient (Wildman–Crippen LogP) is 4.68. The highest BCUT2D eigenvalue weighted by Crippen LogP contribution is 2.22. The van der Waals surface area contributed by atoms with Gasteiger partial charge in [-0.25, -0.2) is 0 Å². The molecule has 0 fully saturated rings. The highest BCUT2D eigenvalue weighted by molar-refractivity contribution is 6.31. The minimum Gasteiger partial charge on any atom is -0.309 e. The summed E-state index contributed by atoms with van der Waals surface area (Å²) in [5, 5.41) is 4.43. The molecule has 0 spiro atoms. The van der Waals surface area contributed by atoms with Crippen LogP contribution in [0, 0.1) is 5.41 Å². The summed E-state index contributed by atoms with van der Waals surface area (Å²) >= 11 is 6.13. The molecule has 3 heteroatoms. The van der Waals surface area contributed by atoms with E-state index < -0.39 is 0 Å². The fourth-order valence-corrected chi connectivity index (χ4v) is 2.14. The van der Waals surface area contributed by atoms with Gasteiger partial charge in [0.1, 0.15) is 0 Å². The zero-order valence-electron chi connectivity index (χ0n) is 11.1. The summed E-state index contributed by atoms with van der Waals surface area (Å²) in [5.74, 6) is 0. The van der Waals surface area contributed by atoms with E-state index in [2.05, 4.69) is 39.1 Å². The van der Waals surface area contributed by atoms with E-state index in [9.17, 15) is 0 Å². The highest BCUT2D eigenvalue weighted by atomic mass is 35.5. The lowest BCUT2D eigenvalue weighted by Gasteiger charge is -2.31. The summed E-state index contributed by atoms with van der Waals surface area (Å²) < 4.78 is 0. The normalized spacial score (nSPS) is 13.0. The van der Waals surface area contributed by atoms with E-state index in [0.29, 0.717) is 6.04 Å². The van der Waals surface area contributed by atoms with Gasteiger partial charge in [-0.1, -0.05) is 57.5 Å². The monoisotopic (exact) mass is 275 g/mol. The van der Waals surface area contributed by atoms with E-state index in [4.69, 9.17) is 11.6 Å². The quantitative estimate of drug-likeness (QED) is 0.842. The maximum atomic E-state index is 6.13. The standard InChI is InChI=1S/C14H22ClN.ClH/c1-5-13(14(2,3)4)16-10-11-8-6-7-9-12(11)15;/h6-9,13,16H,5,10H2,1-4H3;1H. The van der Waals surface area contributed by atoms with Crippen molar-refractivity contribution in [1.29, 1.82) is 0 Å². The van der Waals surface area contributed by atoms with Gasteiger partial charge in [-0.15, -0.1) is 12.4 Å². The second-order valence-corrected chi connectivity index (χ2v) is 5.71. The lowest BCUT2D eigenvalue weighted by molar-refractivity contribution is 0.259. The molecule has 0 aliphatic rings. The van der Waals surface area contributed by atoms with E-state index >= 15 is 0 Å². The maximum Gasteiger partial charge on any atom is 0.0450 e. The van der Waals surface area contributed by atoms with Gasteiger partial charge in [0, 0.05) is 17.6 Å². The van der Waals surface area contributed by atoms with Crippen LogP contribution in [0.3, 0.4) is 0 Å². The third-order valence-electron chi connectivity index (χ3n) is 2.95. The van der Waals surface area contributed by atoms with Crippen molar-refractivity contribution < 1.29 is 0 Å². The molecule has 17 heavy (non-hydrogen) atoms. The van der Waals surface area contributed by atoms with Crippen LogP contribution in [0.4, 0.5) is 0 Å². The molecule has 0 aromatic heterocycles. The molecule has 0 aliphatic heterocycles. The van der Waals surface area contributed by atoms with E-state index in [0.717, 1.165) is 18.0 Å². The Labute approximate surface area is 116 Å². The first-order valence-electron chi connectivity index (χ1n) is 5.92. The van der Waals surface area contributed by atoms with Crippen LogP contribution in [0.1, 0.15) is 39.7 Å². The zero-order valence-corrected chi connectivity index (χ0v) is 12.7. The molecular formula is C14H23Cl2N. The second kappa shape index (κ2) is 7.25. The SMILES string of the molecule is CCC(NCc1ccccc1Cl)C(C)(C)C.Cl. The molecule has 0 aliphatic carbocycles. The molecule has 0 saturated carbocycles. The fourth-order valence-electron chi connectivity index (χ4n) is 1.94. The van der Waals surface area contributed by atoms with Gasteiger partial charge in [0.05, 0.1) is 0 Å². The Bertz CT molecular complexity index is 331. The van der Waals surface area contributed by atoms with Gasteiger partial charge < -0.3 is 5.32 Å². The van der Waals surface area contributed by atoms with Gasteiger partial charge in [-0.3, -0.25) is 0 Å². The summed E-state index contributed by atoms with van der Waals surface area (Å²) in [6, 6.07) is 8.53. The molecule has 0 amide bonds. The second-order valence-electron chi connectivity index (χ2n) is 5.30. The average molecular weight is 276 g/mol. The third-order valence-corrected chi connectivity index (χ3v) is 3.32. The Balaban J connectivity index is 0.00000256. The molecule has 1 atom stereocenters. The summed E-state index contributed by atoms with van der Waals surface area (Å²) in [6.45, 7) is 9.85. The molecule has 98 valence electrons. The minimum absolute atomic E-state index is 0. The minimum atomic E-state index is 0. The zero-order chi connectivity index (χ0) is 12.2. The molecule has 1 nitrogen and oxygen atoms in total. The van der Waals surface area contributed by atoms with E-state index in [1.165, 1.54) is 5.56 Å². The molecule has 1 rings (SSSR count). The summed E-state index contributed by atoms with van der Waals surface area (Å²) in [4.78, 5) is 0. The van der Waals surface area contributed by atoms with E-state index in [1.807, 2.05) is 18.2 Å². The molecule has 0 radical (unpaired) electrons. The van der Waals surface area contributed by atoms with Crippen LogP contribution in [-0.4, -0.2) is 6.04 Å². The smallest absolute Gasteiger partial charge is 0.0450 e. The molecule has 0 saturated heterocycles. The molecule has 1 N–H and O–H groups in total. The summed E-state index contributed by atoms with van der Waals surface area (Å²) in [6.07, 6.45) is 1.13. The van der Waals surface area contributed by atoms with Crippen molar-refractivity contribution in [2.45, 2.75) is 46.7 Å². The van der Waals surface area contributed by atoms with Gasteiger partial charge in [0.15, 0.2) is 0 Å². The van der Waals surface area contributed by atoms with Gasteiger partial charge in [0.25, 0.3) is 0 Å². The molecule has 0 bridgehead atoms. The first-order valence-corrected chi connectivity index (χ1v) is 6.29. The van der Waals surface area contributed by atoms with Crippen molar-refractivity contribution in [3.05, 3.63) is 34.9 Å². The Morgan fingerprint density at radius 2 is 1.82 bits per heavy atom. The van der Waals surface area contributed by atoms with E-state index in [-0.39, 0.29) is 17.8 Å². The van der Waals surface area contributed by atoms with Crippen molar-refractivity contribution in [3.8, 4) is 0 Å². The molecule has 1 unspecified atom stereocenters. The summed E-state index contributed by atoms with van der Waals surface area (Å²) in [5.41, 5.74) is 1.46. The summed E-state index contributed by atoms with van der Waals surface area (Å²) in [7, 11) is 0. The van der Waals surface area contributed by atoms with Crippen LogP contribution in [0.25, 0.3) is 0 Å². The predicted molar refractivity (Wildman–Crippen MR) is 79.1 cm³/mol. The number of nitrogens with one attached hydrogen (secondary N) is 1. The van der Waals surface area contributed by atoms with Crippen molar-refractivity contribution in [1.82, 2.24) is 5.32 Å².